The molecule has 1 atom stereocenters. The molecule has 178 valence electrons. The molecular formula is C26H27ClN2O4S. The summed E-state index contributed by atoms with van der Waals surface area (Å²) >= 11 is 6.20. The second kappa shape index (κ2) is 10.6. The number of hydrogen-bond donors (Lipinski definition) is 1. The van der Waals surface area contributed by atoms with E-state index in [4.69, 9.17) is 16.3 Å². The van der Waals surface area contributed by atoms with Gasteiger partial charge in [-0.2, -0.15) is 4.31 Å². The van der Waals surface area contributed by atoms with Crippen molar-refractivity contribution in [3.63, 3.8) is 0 Å². The van der Waals surface area contributed by atoms with Crippen LogP contribution in [0.2, 0.25) is 5.02 Å². The van der Waals surface area contributed by atoms with Crippen LogP contribution in [-0.2, 0) is 27.8 Å². The van der Waals surface area contributed by atoms with E-state index in [1.807, 2.05) is 48.5 Å². The minimum absolute atomic E-state index is 0.00467. The molecule has 3 aromatic rings. The zero-order valence-electron chi connectivity index (χ0n) is 18.9. The van der Waals surface area contributed by atoms with Gasteiger partial charge in [-0.1, -0.05) is 66.2 Å². The molecule has 0 radical (unpaired) electrons. The molecule has 1 aliphatic carbocycles. The molecule has 34 heavy (non-hydrogen) atoms. The molecule has 3 aromatic carbocycles. The fraction of sp³-hybridized carbons (Fsp3) is 0.269. The molecule has 0 bridgehead atoms. The molecular weight excluding hydrogens is 472 g/mol. The van der Waals surface area contributed by atoms with E-state index in [-0.39, 0.29) is 35.0 Å². The van der Waals surface area contributed by atoms with E-state index < -0.39 is 10.0 Å². The molecule has 1 N–H and O–H groups in total. The second-order valence-electron chi connectivity index (χ2n) is 8.27. The van der Waals surface area contributed by atoms with Crippen molar-refractivity contribution in [2.45, 2.75) is 36.7 Å². The average molecular weight is 499 g/mol. The van der Waals surface area contributed by atoms with Crippen LogP contribution in [0.3, 0.4) is 0 Å². The number of ether oxygens (including phenoxy) is 1. The maximum Gasteiger partial charge on any atom is 0.243 e. The number of carbonyl (C=O) groups is 1. The Balaban J connectivity index is 1.59. The van der Waals surface area contributed by atoms with Gasteiger partial charge in [-0.05, 0) is 54.2 Å². The highest BCUT2D eigenvalue weighted by Crippen LogP contribution is 2.31. The molecule has 0 saturated carbocycles. The monoisotopic (exact) mass is 498 g/mol. The van der Waals surface area contributed by atoms with Crippen LogP contribution in [0.5, 0.6) is 5.75 Å². The summed E-state index contributed by atoms with van der Waals surface area (Å²) < 4.78 is 33.4. The smallest absolute Gasteiger partial charge is 0.243 e. The summed E-state index contributed by atoms with van der Waals surface area (Å²) in [7, 11) is -2.55. The number of sulfonamides is 1. The van der Waals surface area contributed by atoms with Gasteiger partial charge >= 0.3 is 0 Å². The van der Waals surface area contributed by atoms with Crippen molar-refractivity contribution >= 4 is 27.5 Å². The molecule has 4 rings (SSSR count). The number of nitrogens with zero attached hydrogens (tertiary/aromatic N) is 1. The quantitative estimate of drug-likeness (QED) is 0.487. The lowest BCUT2D eigenvalue weighted by Gasteiger charge is -2.28. The van der Waals surface area contributed by atoms with Gasteiger partial charge in [0.2, 0.25) is 15.9 Å². The van der Waals surface area contributed by atoms with E-state index >= 15 is 0 Å². The summed E-state index contributed by atoms with van der Waals surface area (Å²) in [5.41, 5.74) is 3.10. The molecule has 1 aliphatic rings. The highest BCUT2D eigenvalue weighted by Gasteiger charge is 2.29. The number of amides is 1. The van der Waals surface area contributed by atoms with E-state index in [0.29, 0.717) is 5.75 Å². The predicted octanol–water partition coefficient (Wildman–Crippen LogP) is 4.73. The molecule has 0 unspecified atom stereocenters. The van der Waals surface area contributed by atoms with E-state index in [1.165, 1.54) is 35.2 Å². The van der Waals surface area contributed by atoms with Crippen LogP contribution >= 0.6 is 11.6 Å². The maximum absolute atomic E-state index is 13.6. The molecule has 8 heteroatoms. The predicted molar refractivity (Wildman–Crippen MR) is 132 cm³/mol. The first-order valence-corrected chi connectivity index (χ1v) is 12.9. The Morgan fingerprint density at radius 3 is 2.56 bits per heavy atom. The fourth-order valence-corrected chi connectivity index (χ4v) is 6.01. The summed E-state index contributed by atoms with van der Waals surface area (Å²) in [6.45, 7) is -0.249. The maximum atomic E-state index is 13.6. The molecule has 0 spiro atoms. The first-order valence-electron chi connectivity index (χ1n) is 11.1. The van der Waals surface area contributed by atoms with Crippen molar-refractivity contribution < 1.29 is 17.9 Å². The Morgan fingerprint density at radius 1 is 1.09 bits per heavy atom. The molecule has 0 aromatic heterocycles. The van der Waals surface area contributed by atoms with Gasteiger partial charge in [-0.3, -0.25) is 4.79 Å². The molecule has 0 aliphatic heterocycles. The van der Waals surface area contributed by atoms with Gasteiger partial charge in [-0.15, -0.1) is 0 Å². The number of aryl methyl sites for hydroxylation is 1. The number of hydrogen-bond acceptors (Lipinski definition) is 4. The van der Waals surface area contributed by atoms with Crippen LogP contribution in [0.4, 0.5) is 0 Å². The van der Waals surface area contributed by atoms with Crippen molar-refractivity contribution in [1.29, 1.82) is 0 Å². The normalized spacial score (nSPS) is 15.6. The van der Waals surface area contributed by atoms with Crippen LogP contribution in [0.1, 0.15) is 35.6 Å². The summed E-state index contributed by atoms with van der Waals surface area (Å²) in [4.78, 5) is 13.1. The van der Waals surface area contributed by atoms with Crippen LogP contribution in [0, 0.1) is 0 Å². The molecule has 0 saturated heterocycles. The van der Waals surface area contributed by atoms with Crippen molar-refractivity contribution in [2.24, 2.45) is 0 Å². The Morgan fingerprint density at radius 2 is 1.82 bits per heavy atom. The highest BCUT2D eigenvalue weighted by atomic mass is 35.5. The first-order chi connectivity index (χ1) is 16.4. The Kier molecular flexibility index (Phi) is 7.56. The third-order valence-corrected chi connectivity index (χ3v) is 8.07. The second-order valence-corrected chi connectivity index (χ2v) is 10.6. The van der Waals surface area contributed by atoms with Crippen molar-refractivity contribution in [1.82, 2.24) is 9.62 Å². The van der Waals surface area contributed by atoms with Crippen LogP contribution < -0.4 is 10.1 Å². The largest absolute Gasteiger partial charge is 0.495 e. The highest BCUT2D eigenvalue weighted by molar-refractivity contribution is 7.89. The van der Waals surface area contributed by atoms with Gasteiger partial charge < -0.3 is 10.1 Å². The topological polar surface area (TPSA) is 75.7 Å². The third-order valence-electron chi connectivity index (χ3n) is 5.99. The Bertz CT molecular complexity index is 1260. The lowest BCUT2D eigenvalue weighted by molar-refractivity contribution is -0.122. The minimum Gasteiger partial charge on any atom is -0.495 e. The van der Waals surface area contributed by atoms with Gasteiger partial charge in [0, 0.05) is 6.54 Å². The van der Waals surface area contributed by atoms with Gasteiger partial charge in [0.15, 0.2) is 0 Å². The van der Waals surface area contributed by atoms with E-state index in [1.54, 1.807) is 0 Å². The zero-order chi connectivity index (χ0) is 24.1. The molecule has 1 amide bonds. The summed E-state index contributed by atoms with van der Waals surface area (Å²) in [6, 6.07) is 21.4. The molecule has 6 nitrogen and oxygen atoms in total. The number of carbonyl (C=O) groups excluding carboxylic acids is 1. The minimum atomic E-state index is -4.01. The van der Waals surface area contributed by atoms with Crippen molar-refractivity contribution in [3.8, 4) is 5.75 Å². The first kappa shape index (κ1) is 24.3. The number of fused-ring (bicyclic) bond motifs is 1. The third kappa shape index (κ3) is 5.43. The van der Waals surface area contributed by atoms with E-state index in [2.05, 4.69) is 11.4 Å². The van der Waals surface area contributed by atoms with Gasteiger partial charge in [0.25, 0.3) is 0 Å². The summed E-state index contributed by atoms with van der Waals surface area (Å²) in [5.74, 6) is 0.0322. The van der Waals surface area contributed by atoms with Crippen LogP contribution in [0.15, 0.2) is 77.7 Å². The van der Waals surface area contributed by atoms with Gasteiger partial charge in [0.1, 0.15) is 5.75 Å². The standard InChI is InChI=1S/C26H27ClN2O4S/c1-33-25-15-14-21(16-23(25)27)34(31,32)29(17-19-8-3-2-4-9-19)18-26(30)28-24-13-7-11-20-10-5-6-12-22(20)24/h2-6,8-10,12,14-16,24H,7,11,13,17-18H2,1H3,(H,28,30)/t24-/m1/s1. The van der Waals surface area contributed by atoms with E-state index in [9.17, 15) is 13.2 Å². The van der Waals surface area contributed by atoms with Crippen molar-refractivity contribution in [2.75, 3.05) is 13.7 Å². The zero-order valence-corrected chi connectivity index (χ0v) is 20.5. The summed E-state index contributed by atoms with van der Waals surface area (Å²) in [6.07, 6.45) is 2.77. The summed E-state index contributed by atoms with van der Waals surface area (Å²) in [5, 5.41) is 3.24. The molecule has 0 fully saturated rings. The number of benzene rings is 3. The Labute approximate surface area is 205 Å². The average Bonchev–Trinajstić information content (AvgIpc) is 2.84. The number of methoxy groups -OCH3 is 1. The lowest BCUT2D eigenvalue weighted by atomic mass is 9.88. The number of rotatable bonds is 8. The van der Waals surface area contributed by atoms with Gasteiger partial charge in [-0.25, -0.2) is 8.42 Å². The number of halogens is 1. The van der Waals surface area contributed by atoms with E-state index in [0.717, 1.165) is 30.4 Å². The van der Waals surface area contributed by atoms with Crippen LogP contribution in [0.25, 0.3) is 0 Å². The fourth-order valence-electron chi connectivity index (χ4n) is 4.27. The van der Waals surface area contributed by atoms with Crippen LogP contribution in [-0.4, -0.2) is 32.3 Å². The molecule has 0 heterocycles. The SMILES string of the molecule is COc1ccc(S(=O)(=O)N(CC(=O)N[C@@H]2CCCc3ccccc32)Cc2ccccc2)cc1Cl. The van der Waals surface area contributed by atoms with Gasteiger partial charge in [0.05, 0.1) is 29.6 Å². The van der Waals surface area contributed by atoms with Crippen molar-refractivity contribution in [3.05, 3.63) is 94.5 Å². The lowest BCUT2D eigenvalue weighted by Crippen LogP contribution is -2.42. The Hall–Kier alpha value is -2.87. The number of nitrogens with one attached hydrogen (secondary N) is 1.